The van der Waals surface area contributed by atoms with Crippen LogP contribution in [0.5, 0.6) is 5.75 Å². The second kappa shape index (κ2) is 4.17. The molecule has 80 valence electrons. The van der Waals surface area contributed by atoms with Crippen LogP contribution in [0.2, 0.25) is 0 Å². The molecule has 1 heterocycles. The van der Waals surface area contributed by atoms with Gasteiger partial charge in [-0.2, -0.15) is 18.4 Å². The van der Waals surface area contributed by atoms with Crippen LogP contribution in [-0.4, -0.2) is 12.1 Å². The number of halogens is 3. The van der Waals surface area contributed by atoms with Crippen LogP contribution in [0.1, 0.15) is 11.3 Å². The Balaban J connectivity index is 3.16. The highest BCUT2D eigenvalue weighted by Gasteiger charge is 2.34. The summed E-state index contributed by atoms with van der Waals surface area (Å²) in [6, 6.07) is 2.91. The summed E-state index contributed by atoms with van der Waals surface area (Å²) in [4.78, 5) is 3.52. The third-order valence-electron chi connectivity index (χ3n) is 1.71. The van der Waals surface area contributed by atoms with Crippen molar-refractivity contribution in [2.75, 3.05) is 7.11 Å². The summed E-state index contributed by atoms with van der Waals surface area (Å²) in [6.07, 6.45) is -3.87. The molecule has 0 aliphatic heterocycles. The van der Waals surface area contributed by atoms with Crippen molar-refractivity contribution in [2.45, 2.75) is 12.6 Å². The molecule has 0 radical (unpaired) electrons. The van der Waals surface area contributed by atoms with Gasteiger partial charge in [0.25, 0.3) is 0 Å². The van der Waals surface area contributed by atoms with Gasteiger partial charge in [0.1, 0.15) is 11.3 Å². The smallest absolute Gasteiger partial charge is 0.421 e. The first-order valence-corrected chi connectivity index (χ1v) is 3.96. The zero-order valence-electron chi connectivity index (χ0n) is 7.80. The normalized spacial score (nSPS) is 10.9. The second-order valence-electron chi connectivity index (χ2n) is 2.71. The number of pyridine rings is 1. The van der Waals surface area contributed by atoms with Gasteiger partial charge in [-0.3, -0.25) is 4.98 Å². The van der Waals surface area contributed by atoms with E-state index in [1.54, 1.807) is 6.07 Å². The van der Waals surface area contributed by atoms with Crippen molar-refractivity contribution < 1.29 is 17.9 Å². The fourth-order valence-corrected chi connectivity index (χ4v) is 1.04. The van der Waals surface area contributed by atoms with Crippen molar-refractivity contribution in [3.63, 3.8) is 0 Å². The highest BCUT2D eigenvalue weighted by atomic mass is 19.4. The molecule has 0 aromatic carbocycles. The Morgan fingerprint density at radius 3 is 2.67 bits per heavy atom. The standard InChI is InChI=1S/C9H7F3N2O/c1-15-8-4-6(2-3-13)14-5-7(8)9(10,11)12/h4-5H,2H2,1H3. The van der Waals surface area contributed by atoms with Gasteiger partial charge in [-0.05, 0) is 0 Å². The number of hydrogen-bond acceptors (Lipinski definition) is 3. The summed E-state index contributed by atoms with van der Waals surface area (Å²) in [5.41, 5.74) is -0.686. The lowest BCUT2D eigenvalue weighted by Gasteiger charge is -2.11. The monoisotopic (exact) mass is 216 g/mol. The van der Waals surface area contributed by atoms with Gasteiger partial charge in [0.05, 0.1) is 25.3 Å². The number of nitriles is 1. The Morgan fingerprint density at radius 2 is 2.20 bits per heavy atom. The molecule has 1 aromatic rings. The molecule has 0 N–H and O–H groups in total. The molecule has 0 aliphatic carbocycles. The molecule has 0 fully saturated rings. The zero-order valence-corrected chi connectivity index (χ0v) is 7.80. The minimum Gasteiger partial charge on any atom is -0.496 e. The summed E-state index contributed by atoms with van der Waals surface area (Å²) in [6.45, 7) is 0. The fourth-order valence-electron chi connectivity index (χ4n) is 1.04. The van der Waals surface area contributed by atoms with Crippen LogP contribution in [0.3, 0.4) is 0 Å². The number of alkyl halides is 3. The molecule has 6 heteroatoms. The van der Waals surface area contributed by atoms with E-state index in [4.69, 9.17) is 5.26 Å². The molecule has 0 atom stereocenters. The number of rotatable bonds is 2. The van der Waals surface area contributed by atoms with Crippen LogP contribution >= 0.6 is 0 Å². The highest BCUT2D eigenvalue weighted by molar-refractivity contribution is 5.35. The Morgan fingerprint density at radius 1 is 1.53 bits per heavy atom. The van der Waals surface area contributed by atoms with Gasteiger partial charge in [0.15, 0.2) is 0 Å². The van der Waals surface area contributed by atoms with E-state index >= 15 is 0 Å². The van der Waals surface area contributed by atoms with Gasteiger partial charge < -0.3 is 4.74 Å². The maximum Gasteiger partial charge on any atom is 0.421 e. The molecule has 15 heavy (non-hydrogen) atoms. The molecule has 1 rings (SSSR count). The van der Waals surface area contributed by atoms with Crippen molar-refractivity contribution in [1.29, 1.82) is 5.26 Å². The van der Waals surface area contributed by atoms with Crippen LogP contribution in [0.15, 0.2) is 12.3 Å². The molecule has 3 nitrogen and oxygen atoms in total. The highest BCUT2D eigenvalue weighted by Crippen LogP contribution is 2.35. The van der Waals surface area contributed by atoms with Gasteiger partial charge in [-0.15, -0.1) is 0 Å². The second-order valence-corrected chi connectivity index (χ2v) is 2.71. The van der Waals surface area contributed by atoms with Crippen molar-refractivity contribution in [2.24, 2.45) is 0 Å². The van der Waals surface area contributed by atoms with Crippen LogP contribution < -0.4 is 4.74 Å². The number of nitrogens with zero attached hydrogens (tertiary/aromatic N) is 2. The average molecular weight is 216 g/mol. The number of aromatic nitrogens is 1. The van der Waals surface area contributed by atoms with E-state index in [-0.39, 0.29) is 17.9 Å². The summed E-state index contributed by atoms with van der Waals surface area (Å²) in [7, 11) is 1.14. The number of methoxy groups -OCH3 is 1. The summed E-state index contributed by atoms with van der Waals surface area (Å²) >= 11 is 0. The molecule has 0 saturated heterocycles. The Kier molecular flexibility index (Phi) is 3.14. The predicted octanol–water partition coefficient (Wildman–Crippen LogP) is 2.18. The maximum absolute atomic E-state index is 12.4. The summed E-state index contributed by atoms with van der Waals surface area (Å²) in [5, 5.41) is 8.36. The molecule has 0 bridgehead atoms. The zero-order chi connectivity index (χ0) is 11.5. The lowest BCUT2D eigenvalue weighted by atomic mass is 10.2. The molecular weight excluding hydrogens is 209 g/mol. The van der Waals surface area contributed by atoms with E-state index < -0.39 is 11.7 Å². The van der Waals surface area contributed by atoms with Crippen molar-refractivity contribution in [1.82, 2.24) is 4.98 Å². The fraction of sp³-hybridized carbons (Fsp3) is 0.333. The Bertz CT molecular complexity index is 395. The van der Waals surface area contributed by atoms with E-state index in [9.17, 15) is 13.2 Å². The topological polar surface area (TPSA) is 45.9 Å². The lowest BCUT2D eigenvalue weighted by Crippen LogP contribution is -2.09. The first kappa shape index (κ1) is 11.3. The van der Waals surface area contributed by atoms with Crippen LogP contribution in [0.25, 0.3) is 0 Å². The Labute approximate surface area is 84.1 Å². The molecule has 1 aromatic heterocycles. The summed E-state index contributed by atoms with van der Waals surface area (Å²) < 4.78 is 41.7. The van der Waals surface area contributed by atoms with Gasteiger partial charge >= 0.3 is 6.18 Å². The molecule has 0 unspecified atom stereocenters. The Hall–Kier alpha value is -1.77. The number of hydrogen-bond donors (Lipinski definition) is 0. The molecular formula is C9H7F3N2O. The van der Waals surface area contributed by atoms with Gasteiger partial charge in [-0.25, -0.2) is 0 Å². The first-order valence-electron chi connectivity index (χ1n) is 3.96. The first-order chi connectivity index (χ1) is 6.99. The molecule has 0 spiro atoms. The molecule has 0 aliphatic rings. The quantitative estimate of drug-likeness (QED) is 0.761. The third-order valence-corrected chi connectivity index (χ3v) is 1.71. The lowest BCUT2D eigenvalue weighted by molar-refractivity contribution is -0.139. The third kappa shape index (κ3) is 2.59. The van der Waals surface area contributed by atoms with E-state index in [1.807, 2.05) is 0 Å². The van der Waals surface area contributed by atoms with Gasteiger partial charge in [-0.1, -0.05) is 0 Å². The summed E-state index contributed by atoms with van der Waals surface area (Å²) in [5.74, 6) is -0.317. The minimum atomic E-state index is -4.50. The molecule has 0 saturated carbocycles. The largest absolute Gasteiger partial charge is 0.496 e. The van der Waals surface area contributed by atoms with Crippen LogP contribution in [-0.2, 0) is 12.6 Å². The average Bonchev–Trinajstić information content (AvgIpc) is 2.16. The van der Waals surface area contributed by atoms with E-state index in [0.29, 0.717) is 6.20 Å². The van der Waals surface area contributed by atoms with Crippen molar-refractivity contribution >= 4 is 0 Å². The SMILES string of the molecule is COc1cc(CC#N)ncc1C(F)(F)F. The van der Waals surface area contributed by atoms with Gasteiger partial charge in [0.2, 0.25) is 0 Å². The minimum absolute atomic E-state index is 0.0471. The number of ether oxygens (including phenoxy) is 1. The van der Waals surface area contributed by atoms with Crippen LogP contribution in [0.4, 0.5) is 13.2 Å². The van der Waals surface area contributed by atoms with E-state index in [2.05, 4.69) is 9.72 Å². The van der Waals surface area contributed by atoms with Gasteiger partial charge in [0, 0.05) is 12.3 Å². The van der Waals surface area contributed by atoms with Crippen molar-refractivity contribution in [3.8, 4) is 11.8 Å². The van der Waals surface area contributed by atoms with E-state index in [1.165, 1.54) is 0 Å². The molecule has 0 amide bonds. The predicted molar refractivity (Wildman–Crippen MR) is 45.1 cm³/mol. The maximum atomic E-state index is 12.4. The van der Waals surface area contributed by atoms with Crippen molar-refractivity contribution in [3.05, 3.63) is 23.5 Å². The van der Waals surface area contributed by atoms with E-state index in [0.717, 1.165) is 13.2 Å². The van der Waals surface area contributed by atoms with Crippen LogP contribution in [0, 0.1) is 11.3 Å².